The molecule has 26 heavy (non-hydrogen) atoms. The van der Waals surface area contributed by atoms with Crippen molar-refractivity contribution in [3.8, 4) is 45.6 Å². The van der Waals surface area contributed by atoms with Crippen LogP contribution in [0.1, 0.15) is 0 Å². The van der Waals surface area contributed by atoms with Crippen LogP contribution in [0.15, 0.2) is 59.3 Å². The smallest absolute Gasteiger partial charge is 0.262 e. The lowest BCUT2D eigenvalue weighted by molar-refractivity contribution is 0.391. The number of nitrogens with one attached hydrogen (secondary N) is 1. The number of benzene rings is 2. The fourth-order valence-electron chi connectivity index (χ4n) is 2.67. The van der Waals surface area contributed by atoms with Gasteiger partial charge in [0.1, 0.15) is 11.5 Å². The first kappa shape index (κ1) is 15.9. The molecule has 0 bridgehead atoms. The van der Waals surface area contributed by atoms with Gasteiger partial charge in [0.2, 0.25) is 5.82 Å². The van der Waals surface area contributed by atoms with E-state index in [1.54, 1.807) is 26.5 Å². The van der Waals surface area contributed by atoms with Crippen molar-refractivity contribution in [2.75, 3.05) is 14.2 Å². The molecule has 0 atom stereocenters. The molecule has 2 aromatic heterocycles. The molecule has 0 aliphatic carbocycles. The SMILES string of the molecule is COc1ccc(-c2nc(-c3cccc(-c4ccn[nH]4)c3)no2)c(OC)c1. The number of hydrogen-bond acceptors (Lipinski definition) is 6. The molecule has 0 spiro atoms. The highest BCUT2D eigenvalue weighted by Gasteiger charge is 2.16. The van der Waals surface area contributed by atoms with Crippen molar-refractivity contribution < 1.29 is 14.0 Å². The third-order valence-electron chi connectivity index (χ3n) is 4.00. The lowest BCUT2D eigenvalue weighted by atomic mass is 10.1. The van der Waals surface area contributed by atoms with Crippen LogP contribution >= 0.6 is 0 Å². The van der Waals surface area contributed by atoms with E-state index >= 15 is 0 Å². The molecule has 0 aliphatic heterocycles. The largest absolute Gasteiger partial charge is 0.497 e. The minimum Gasteiger partial charge on any atom is -0.497 e. The van der Waals surface area contributed by atoms with Gasteiger partial charge in [0.05, 0.1) is 25.5 Å². The molecule has 2 aromatic carbocycles. The van der Waals surface area contributed by atoms with E-state index in [1.807, 2.05) is 42.5 Å². The minimum atomic E-state index is 0.381. The van der Waals surface area contributed by atoms with Gasteiger partial charge in [0, 0.05) is 23.4 Å². The zero-order valence-electron chi connectivity index (χ0n) is 14.3. The topological polar surface area (TPSA) is 86.1 Å². The van der Waals surface area contributed by atoms with Crippen LogP contribution in [-0.2, 0) is 0 Å². The summed E-state index contributed by atoms with van der Waals surface area (Å²) in [6.07, 6.45) is 1.71. The van der Waals surface area contributed by atoms with Gasteiger partial charge in [-0.2, -0.15) is 10.1 Å². The predicted molar refractivity (Wildman–Crippen MR) is 95.9 cm³/mol. The van der Waals surface area contributed by atoms with Crippen LogP contribution in [-0.4, -0.2) is 34.6 Å². The summed E-state index contributed by atoms with van der Waals surface area (Å²) in [5.41, 5.74) is 3.47. The number of aromatic nitrogens is 4. The fourth-order valence-corrected chi connectivity index (χ4v) is 2.67. The summed E-state index contributed by atoms with van der Waals surface area (Å²) in [6, 6.07) is 15.2. The molecule has 0 unspecified atom stereocenters. The maximum absolute atomic E-state index is 5.45. The van der Waals surface area contributed by atoms with Gasteiger partial charge >= 0.3 is 0 Å². The quantitative estimate of drug-likeness (QED) is 0.590. The normalized spacial score (nSPS) is 10.7. The molecule has 130 valence electrons. The van der Waals surface area contributed by atoms with Crippen LogP contribution in [0.25, 0.3) is 34.1 Å². The molecule has 0 amide bonds. The maximum atomic E-state index is 5.45. The van der Waals surface area contributed by atoms with E-state index in [0.29, 0.717) is 28.8 Å². The maximum Gasteiger partial charge on any atom is 0.262 e. The molecule has 0 saturated heterocycles. The number of H-pyrrole nitrogens is 1. The van der Waals surface area contributed by atoms with Crippen molar-refractivity contribution >= 4 is 0 Å². The first-order valence-corrected chi connectivity index (χ1v) is 7.95. The lowest BCUT2D eigenvalue weighted by Gasteiger charge is -2.06. The average Bonchev–Trinajstić information content (AvgIpc) is 3.39. The van der Waals surface area contributed by atoms with E-state index in [1.165, 1.54) is 0 Å². The summed E-state index contributed by atoms with van der Waals surface area (Å²) < 4.78 is 16.1. The second-order valence-corrected chi connectivity index (χ2v) is 5.54. The number of rotatable bonds is 5. The zero-order valence-corrected chi connectivity index (χ0v) is 14.3. The standard InChI is InChI=1S/C19H16N4O3/c1-24-14-6-7-15(17(11-14)25-2)19-21-18(23-26-19)13-5-3-4-12(10-13)16-8-9-20-22-16/h3-11H,1-2H3,(H,20,22). The molecular weight excluding hydrogens is 332 g/mol. The number of methoxy groups -OCH3 is 2. The highest BCUT2D eigenvalue weighted by Crippen LogP contribution is 2.33. The summed E-state index contributed by atoms with van der Waals surface area (Å²) in [5, 5.41) is 11.0. The van der Waals surface area contributed by atoms with Gasteiger partial charge in [0.25, 0.3) is 5.89 Å². The molecule has 7 heteroatoms. The van der Waals surface area contributed by atoms with Crippen LogP contribution in [0.3, 0.4) is 0 Å². The summed E-state index contributed by atoms with van der Waals surface area (Å²) in [6.45, 7) is 0. The van der Waals surface area contributed by atoms with Gasteiger partial charge in [0.15, 0.2) is 0 Å². The van der Waals surface area contributed by atoms with Crippen molar-refractivity contribution in [3.05, 3.63) is 54.7 Å². The second kappa shape index (κ2) is 6.72. The molecule has 1 N–H and O–H groups in total. The van der Waals surface area contributed by atoms with Crippen molar-refractivity contribution in [2.45, 2.75) is 0 Å². The summed E-state index contributed by atoms with van der Waals surface area (Å²) in [4.78, 5) is 4.51. The minimum absolute atomic E-state index is 0.381. The highest BCUT2D eigenvalue weighted by molar-refractivity contribution is 5.70. The number of hydrogen-bond donors (Lipinski definition) is 1. The van der Waals surface area contributed by atoms with Gasteiger partial charge in [-0.05, 0) is 24.3 Å². The Morgan fingerprint density at radius 2 is 1.85 bits per heavy atom. The monoisotopic (exact) mass is 348 g/mol. The van der Waals surface area contributed by atoms with Crippen molar-refractivity contribution in [3.63, 3.8) is 0 Å². The Morgan fingerprint density at radius 1 is 0.962 bits per heavy atom. The third-order valence-corrected chi connectivity index (χ3v) is 4.00. The first-order valence-electron chi connectivity index (χ1n) is 7.95. The van der Waals surface area contributed by atoms with E-state index in [0.717, 1.165) is 16.8 Å². The van der Waals surface area contributed by atoms with E-state index in [9.17, 15) is 0 Å². The molecule has 0 fully saturated rings. The molecule has 4 aromatic rings. The molecule has 0 aliphatic rings. The van der Waals surface area contributed by atoms with Crippen LogP contribution in [0.4, 0.5) is 0 Å². The van der Waals surface area contributed by atoms with Crippen molar-refractivity contribution in [1.29, 1.82) is 0 Å². The van der Waals surface area contributed by atoms with E-state index in [-0.39, 0.29) is 0 Å². The average molecular weight is 348 g/mol. The van der Waals surface area contributed by atoms with E-state index in [4.69, 9.17) is 14.0 Å². The van der Waals surface area contributed by atoms with Crippen LogP contribution in [0.2, 0.25) is 0 Å². The van der Waals surface area contributed by atoms with Crippen LogP contribution in [0, 0.1) is 0 Å². The van der Waals surface area contributed by atoms with Gasteiger partial charge in [-0.1, -0.05) is 23.4 Å². The van der Waals surface area contributed by atoms with E-state index in [2.05, 4.69) is 20.3 Å². The summed E-state index contributed by atoms with van der Waals surface area (Å²) in [7, 11) is 3.19. The lowest BCUT2D eigenvalue weighted by Crippen LogP contribution is -1.90. The van der Waals surface area contributed by atoms with Crippen molar-refractivity contribution in [1.82, 2.24) is 20.3 Å². The van der Waals surface area contributed by atoms with Gasteiger partial charge < -0.3 is 14.0 Å². The Morgan fingerprint density at radius 3 is 2.62 bits per heavy atom. The van der Waals surface area contributed by atoms with Gasteiger partial charge in [-0.25, -0.2) is 0 Å². The Balaban J connectivity index is 1.70. The van der Waals surface area contributed by atoms with Crippen LogP contribution in [0.5, 0.6) is 11.5 Å². The molecule has 4 rings (SSSR count). The Labute approximate surface area is 149 Å². The zero-order chi connectivity index (χ0) is 17.9. The number of nitrogens with zero attached hydrogens (tertiary/aromatic N) is 3. The van der Waals surface area contributed by atoms with Crippen LogP contribution < -0.4 is 9.47 Å². The molecule has 2 heterocycles. The first-order chi connectivity index (χ1) is 12.8. The Kier molecular flexibility index (Phi) is 4.10. The fraction of sp³-hybridized carbons (Fsp3) is 0.105. The molecule has 7 nitrogen and oxygen atoms in total. The predicted octanol–water partition coefficient (Wildman–Crippen LogP) is 3.81. The number of aromatic amines is 1. The number of ether oxygens (including phenoxy) is 2. The molecule has 0 radical (unpaired) electrons. The van der Waals surface area contributed by atoms with Gasteiger partial charge in [-0.15, -0.1) is 0 Å². The second-order valence-electron chi connectivity index (χ2n) is 5.54. The summed E-state index contributed by atoms with van der Waals surface area (Å²) in [5.74, 6) is 2.18. The van der Waals surface area contributed by atoms with E-state index < -0.39 is 0 Å². The Bertz CT molecular complexity index is 1020. The van der Waals surface area contributed by atoms with Gasteiger partial charge in [-0.3, -0.25) is 5.10 Å². The molecule has 0 saturated carbocycles. The third kappa shape index (κ3) is 2.90. The molecular formula is C19H16N4O3. The van der Waals surface area contributed by atoms with Crippen molar-refractivity contribution in [2.24, 2.45) is 0 Å². The Hall–Kier alpha value is -3.61. The summed E-state index contributed by atoms with van der Waals surface area (Å²) >= 11 is 0. The highest BCUT2D eigenvalue weighted by atomic mass is 16.5.